The van der Waals surface area contributed by atoms with Crippen molar-refractivity contribution in [2.45, 2.75) is 44.7 Å². The van der Waals surface area contributed by atoms with Gasteiger partial charge in [0.25, 0.3) is 0 Å². The molecular weight excluding hydrogens is 619 g/mol. The molecule has 0 saturated carbocycles. The standard InChI is InChI=1S/C28H35IN2O8/c1-3-38-17-25(34)31(15-18-7-5-4-6-8-18)22-13-20(28(36)30-9-10-32)14-23(26(22)35)39-27-21(29)11-19(16-33)12-24(27)37-2/h4-8,11-12,14,22-23,26,32-33,35H,3,9-10,13,15-17H2,1-2H3,(H,30,36)/t22-,23+,26+/m1/s1. The van der Waals surface area contributed by atoms with Crippen LogP contribution in [0.25, 0.3) is 0 Å². The lowest BCUT2D eigenvalue weighted by Crippen LogP contribution is -2.55. The highest BCUT2D eigenvalue weighted by Gasteiger charge is 2.41. The fourth-order valence-corrected chi connectivity index (χ4v) is 5.13. The summed E-state index contributed by atoms with van der Waals surface area (Å²) >= 11 is 2.05. The van der Waals surface area contributed by atoms with E-state index in [9.17, 15) is 24.9 Å². The number of hydrogen-bond acceptors (Lipinski definition) is 8. The van der Waals surface area contributed by atoms with Gasteiger partial charge in [-0.05, 0) is 58.9 Å². The second kappa shape index (κ2) is 15.2. The Hall–Kier alpha value is -2.71. The molecule has 11 heteroatoms. The Morgan fingerprint density at radius 2 is 1.90 bits per heavy atom. The smallest absolute Gasteiger partial charge is 0.249 e. The molecule has 0 bridgehead atoms. The number of hydrogen-bond donors (Lipinski definition) is 4. The summed E-state index contributed by atoms with van der Waals surface area (Å²) in [4.78, 5) is 27.9. The van der Waals surface area contributed by atoms with Crippen LogP contribution in [-0.4, -0.2) is 83.8 Å². The zero-order chi connectivity index (χ0) is 28.4. The minimum absolute atomic E-state index is 0.0558. The number of benzene rings is 2. The van der Waals surface area contributed by atoms with Gasteiger partial charge in [0.1, 0.15) is 18.8 Å². The molecule has 0 heterocycles. The zero-order valence-electron chi connectivity index (χ0n) is 22.0. The van der Waals surface area contributed by atoms with Crippen LogP contribution in [0.1, 0.15) is 24.5 Å². The predicted octanol–water partition coefficient (Wildman–Crippen LogP) is 1.77. The molecule has 0 spiro atoms. The van der Waals surface area contributed by atoms with Crippen molar-refractivity contribution in [2.24, 2.45) is 0 Å². The maximum Gasteiger partial charge on any atom is 0.249 e. The molecule has 3 atom stereocenters. The molecule has 212 valence electrons. The average Bonchev–Trinajstić information content (AvgIpc) is 2.95. The van der Waals surface area contributed by atoms with E-state index in [1.54, 1.807) is 19.1 Å². The minimum atomic E-state index is -1.20. The molecule has 1 aliphatic rings. The fourth-order valence-electron chi connectivity index (χ4n) is 4.34. The lowest BCUT2D eigenvalue weighted by atomic mass is 9.87. The molecule has 3 rings (SSSR count). The summed E-state index contributed by atoms with van der Waals surface area (Å²) in [6, 6.07) is 11.9. The van der Waals surface area contributed by atoms with E-state index >= 15 is 0 Å². The van der Waals surface area contributed by atoms with Gasteiger partial charge in [0.2, 0.25) is 11.8 Å². The molecule has 10 nitrogen and oxygen atoms in total. The summed E-state index contributed by atoms with van der Waals surface area (Å²) in [6.45, 7) is 1.79. The number of methoxy groups -OCH3 is 1. The molecular formula is C28H35IN2O8. The number of carbonyl (C=O) groups is 2. The van der Waals surface area contributed by atoms with Crippen molar-refractivity contribution in [3.63, 3.8) is 0 Å². The Labute approximate surface area is 241 Å². The first kappa shape index (κ1) is 30.8. The first-order chi connectivity index (χ1) is 18.8. The lowest BCUT2D eigenvalue weighted by molar-refractivity contribution is -0.144. The molecule has 2 aromatic carbocycles. The molecule has 0 fully saturated rings. The quantitative estimate of drug-likeness (QED) is 0.240. The van der Waals surface area contributed by atoms with Crippen molar-refractivity contribution in [2.75, 3.05) is 33.5 Å². The van der Waals surface area contributed by atoms with Gasteiger partial charge in [-0.15, -0.1) is 0 Å². The Morgan fingerprint density at radius 1 is 1.15 bits per heavy atom. The van der Waals surface area contributed by atoms with Gasteiger partial charge in [-0.3, -0.25) is 9.59 Å². The molecule has 39 heavy (non-hydrogen) atoms. The number of amides is 2. The molecule has 0 aromatic heterocycles. The third kappa shape index (κ3) is 8.15. The van der Waals surface area contributed by atoms with Gasteiger partial charge < -0.3 is 39.7 Å². The van der Waals surface area contributed by atoms with Crippen LogP contribution in [-0.2, 0) is 27.5 Å². The second-order valence-corrected chi connectivity index (χ2v) is 10.1. The van der Waals surface area contributed by atoms with Crippen LogP contribution in [0.4, 0.5) is 0 Å². The van der Waals surface area contributed by atoms with Crippen molar-refractivity contribution < 1.29 is 39.1 Å². The van der Waals surface area contributed by atoms with Crippen molar-refractivity contribution in [1.82, 2.24) is 10.2 Å². The van der Waals surface area contributed by atoms with E-state index in [1.165, 1.54) is 18.1 Å². The van der Waals surface area contributed by atoms with Gasteiger partial charge in [-0.2, -0.15) is 0 Å². The summed E-state index contributed by atoms with van der Waals surface area (Å²) in [5.41, 5.74) is 1.79. The van der Waals surface area contributed by atoms with Gasteiger partial charge >= 0.3 is 0 Å². The predicted molar refractivity (Wildman–Crippen MR) is 152 cm³/mol. The highest BCUT2D eigenvalue weighted by atomic mass is 127. The van der Waals surface area contributed by atoms with Gasteiger partial charge in [-0.25, -0.2) is 0 Å². The van der Waals surface area contributed by atoms with E-state index in [-0.39, 0.29) is 45.2 Å². The normalized spacial score (nSPS) is 18.7. The molecule has 2 aromatic rings. The largest absolute Gasteiger partial charge is 0.493 e. The average molecular weight is 654 g/mol. The van der Waals surface area contributed by atoms with Gasteiger partial charge in [0, 0.05) is 31.7 Å². The van der Waals surface area contributed by atoms with Crippen LogP contribution in [0.15, 0.2) is 54.1 Å². The van der Waals surface area contributed by atoms with Crippen LogP contribution >= 0.6 is 22.6 Å². The summed E-state index contributed by atoms with van der Waals surface area (Å²) in [6.07, 6.45) is -0.608. The first-order valence-electron chi connectivity index (χ1n) is 12.7. The van der Waals surface area contributed by atoms with E-state index in [0.717, 1.165) is 5.56 Å². The van der Waals surface area contributed by atoms with E-state index < -0.39 is 24.2 Å². The van der Waals surface area contributed by atoms with Crippen molar-refractivity contribution >= 4 is 34.4 Å². The van der Waals surface area contributed by atoms with E-state index in [2.05, 4.69) is 27.9 Å². The number of ether oxygens (including phenoxy) is 3. The molecule has 4 N–H and O–H groups in total. The molecule has 2 amide bonds. The number of rotatable bonds is 13. The van der Waals surface area contributed by atoms with Crippen LogP contribution in [0.5, 0.6) is 11.5 Å². The maximum absolute atomic E-state index is 13.3. The van der Waals surface area contributed by atoms with E-state index in [0.29, 0.717) is 32.8 Å². The molecule has 1 aliphatic carbocycles. The molecule has 0 unspecified atom stereocenters. The van der Waals surface area contributed by atoms with Gasteiger partial charge in [0.15, 0.2) is 11.5 Å². The van der Waals surface area contributed by atoms with Crippen LogP contribution in [0.2, 0.25) is 0 Å². The SMILES string of the molecule is CCOCC(=O)N(Cc1ccccc1)[C@@H]1CC(C(=O)NCCO)=C[C@H](Oc2c(I)cc(CO)cc2OC)[C@H]1O. The molecule has 0 radical (unpaired) electrons. The van der Waals surface area contributed by atoms with E-state index in [1.807, 2.05) is 30.3 Å². The number of aliphatic hydroxyl groups excluding tert-OH is 3. The second-order valence-electron chi connectivity index (χ2n) is 8.93. The Morgan fingerprint density at radius 3 is 2.54 bits per heavy atom. The van der Waals surface area contributed by atoms with Crippen LogP contribution < -0.4 is 14.8 Å². The van der Waals surface area contributed by atoms with Crippen LogP contribution in [0, 0.1) is 3.57 Å². The Kier molecular flexibility index (Phi) is 12.0. The minimum Gasteiger partial charge on any atom is -0.493 e. The number of nitrogens with one attached hydrogen (secondary N) is 1. The number of nitrogens with zero attached hydrogens (tertiary/aromatic N) is 1. The number of halogens is 1. The van der Waals surface area contributed by atoms with Gasteiger partial charge in [0.05, 0.1) is 29.9 Å². The van der Waals surface area contributed by atoms with Crippen molar-refractivity contribution in [3.05, 3.63) is 68.8 Å². The van der Waals surface area contributed by atoms with Crippen LogP contribution in [0.3, 0.4) is 0 Å². The van der Waals surface area contributed by atoms with Gasteiger partial charge in [-0.1, -0.05) is 30.3 Å². The number of aliphatic hydroxyl groups is 3. The lowest BCUT2D eigenvalue weighted by Gasteiger charge is -2.40. The summed E-state index contributed by atoms with van der Waals surface area (Å²) < 4.78 is 17.8. The highest BCUT2D eigenvalue weighted by molar-refractivity contribution is 14.1. The highest BCUT2D eigenvalue weighted by Crippen LogP contribution is 2.37. The van der Waals surface area contributed by atoms with E-state index in [4.69, 9.17) is 14.2 Å². The third-order valence-corrected chi connectivity index (χ3v) is 7.09. The van der Waals surface area contributed by atoms with Crippen molar-refractivity contribution in [3.8, 4) is 11.5 Å². The molecule has 0 aliphatic heterocycles. The first-order valence-corrected chi connectivity index (χ1v) is 13.7. The third-order valence-electron chi connectivity index (χ3n) is 6.29. The monoisotopic (exact) mass is 654 g/mol. The topological polar surface area (TPSA) is 138 Å². The summed E-state index contributed by atoms with van der Waals surface area (Å²) in [5, 5.41) is 33.0. The summed E-state index contributed by atoms with van der Waals surface area (Å²) in [5.74, 6) is -0.0705. The number of carbonyl (C=O) groups excluding carboxylic acids is 2. The Balaban J connectivity index is 2.02. The zero-order valence-corrected chi connectivity index (χ0v) is 24.2. The van der Waals surface area contributed by atoms with Crippen molar-refractivity contribution in [1.29, 1.82) is 0 Å². The molecule has 0 saturated heterocycles. The summed E-state index contributed by atoms with van der Waals surface area (Å²) in [7, 11) is 1.47. The fraction of sp³-hybridized carbons (Fsp3) is 0.429. The maximum atomic E-state index is 13.3. The Bertz CT molecular complexity index is 1140.